The number of fused-ring (bicyclic) bond motifs is 3. The Morgan fingerprint density at radius 1 is 1.11 bits per heavy atom. The number of H-pyrrole nitrogens is 1. The minimum Gasteiger partial charge on any atom is -0.448 e. The van der Waals surface area contributed by atoms with E-state index in [1.165, 1.54) is 6.39 Å². The highest BCUT2D eigenvalue weighted by Crippen LogP contribution is 2.42. The molecule has 0 amide bonds. The van der Waals surface area contributed by atoms with Crippen LogP contribution in [0.1, 0.15) is 62.3 Å². The van der Waals surface area contributed by atoms with Crippen LogP contribution in [0.25, 0.3) is 22.1 Å². The van der Waals surface area contributed by atoms with Crippen molar-refractivity contribution in [1.29, 1.82) is 0 Å². The Morgan fingerprint density at radius 3 is 2.57 bits per heavy atom. The number of pyridine rings is 1. The van der Waals surface area contributed by atoms with Crippen LogP contribution in [0.4, 0.5) is 0 Å². The first-order valence-corrected chi connectivity index (χ1v) is 13.2. The van der Waals surface area contributed by atoms with Crippen molar-refractivity contribution < 1.29 is 17.9 Å². The summed E-state index contributed by atoms with van der Waals surface area (Å²) in [6.07, 6.45) is 7.57. The fourth-order valence-electron chi connectivity index (χ4n) is 5.26. The quantitative estimate of drug-likeness (QED) is 0.365. The molecule has 5 aromatic rings. The lowest BCUT2D eigenvalue weighted by molar-refractivity contribution is 0.176. The Morgan fingerprint density at radius 2 is 1.89 bits per heavy atom. The van der Waals surface area contributed by atoms with Gasteiger partial charge in [-0.15, -0.1) is 0 Å². The summed E-state index contributed by atoms with van der Waals surface area (Å²) in [5, 5.41) is 11.4. The van der Waals surface area contributed by atoms with Crippen LogP contribution in [-0.4, -0.2) is 38.0 Å². The van der Waals surface area contributed by atoms with Crippen molar-refractivity contribution in [2.24, 2.45) is 0 Å². The van der Waals surface area contributed by atoms with Crippen molar-refractivity contribution in [2.45, 2.75) is 60.6 Å². The second-order valence-corrected chi connectivity index (χ2v) is 11.0. The van der Waals surface area contributed by atoms with Crippen LogP contribution in [0.3, 0.4) is 0 Å². The van der Waals surface area contributed by atoms with Gasteiger partial charge in [-0.1, -0.05) is 18.2 Å². The average molecular weight is 492 g/mol. The molecule has 0 aliphatic heterocycles. The van der Waals surface area contributed by atoms with Crippen molar-refractivity contribution in [3.8, 4) is 0 Å². The first kappa shape index (κ1) is 22.0. The van der Waals surface area contributed by atoms with Gasteiger partial charge in [0.15, 0.2) is 11.4 Å². The second-order valence-electron chi connectivity index (χ2n) is 9.10. The molecule has 1 fully saturated rings. The van der Waals surface area contributed by atoms with Gasteiger partial charge >= 0.3 is 0 Å². The zero-order chi connectivity index (χ0) is 24.2. The van der Waals surface area contributed by atoms with E-state index in [4.69, 9.17) is 9.40 Å². The van der Waals surface area contributed by atoms with Crippen LogP contribution in [-0.2, 0) is 9.84 Å². The maximum atomic E-state index is 13.6. The minimum atomic E-state index is -3.94. The van der Waals surface area contributed by atoms with E-state index in [2.05, 4.69) is 15.0 Å². The number of aliphatic hydroxyl groups is 1. The molecule has 0 unspecified atom stereocenters. The number of nitrogens with one attached hydrogen (secondary N) is 1. The van der Waals surface area contributed by atoms with Crippen molar-refractivity contribution in [3.05, 3.63) is 66.8 Å². The summed E-state index contributed by atoms with van der Waals surface area (Å²) < 4.78 is 34.9. The maximum absolute atomic E-state index is 13.6. The van der Waals surface area contributed by atoms with Crippen molar-refractivity contribution in [3.63, 3.8) is 0 Å². The lowest BCUT2D eigenvalue weighted by Gasteiger charge is -2.30. The van der Waals surface area contributed by atoms with Gasteiger partial charge in [0.05, 0.1) is 16.6 Å². The Hall–Kier alpha value is -3.50. The SMILES string of the molecule is C[C@@H](O)c1nc2c(S(=O)(=O)c3ccccc3)nc3[nH]ccc3c2n1C1CCC(c2cnco2)CC1. The highest BCUT2D eigenvalue weighted by atomic mass is 32.2. The molecule has 1 aliphatic carbocycles. The van der Waals surface area contributed by atoms with E-state index in [-0.39, 0.29) is 21.5 Å². The van der Waals surface area contributed by atoms with Crippen molar-refractivity contribution in [1.82, 2.24) is 24.5 Å². The monoisotopic (exact) mass is 491 g/mol. The normalized spacial score (nSPS) is 19.9. The Balaban J connectivity index is 1.54. The van der Waals surface area contributed by atoms with Gasteiger partial charge in [-0.3, -0.25) is 0 Å². The topological polar surface area (TPSA) is 127 Å². The predicted octanol–water partition coefficient (Wildman–Crippen LogP) is 4.69. The third-order valence-corrected chi connectivity index (χ3v) is 8.62. The number of benzene rings is 1. The van der Waals surface area contributed by atoms with Crippen LogP contribution < -0.4 is 0 Å². The number of aromatic nitrogens is 5. The number of hydrogen-bond acceptors (Lipinski definition) is 7. The molecule has 10 heteroatoms. The van der Waals surface area contributed by atoms with E-state index in [1.54, 1.807) is 49.6 Å². The van der Waals surface area contributed by atoms with E-state index < -0.39 is 15.9 Å². The number of nitrogens with zero attached hydrogens (tertiary/aromatic N) is 4. The second kappa shape index (κ2) is 8.31. The molecular weight excluding hydrogens is 466 g/mol. The number of rotatable bonds is 5. The maximum Gasteiger partial charge on any atom is 0.226 e. The summed E-state index contributed by atoms with van der Waals surface area (Å²) in [5.41, 5.74) is 1.44. The van der Waals surface area contributed by atoms with Crippen LogP contribution in [0, 0.1) is 0 Å². The van der Waals surface area contributed by atoms with Crippen LogP contribution in [0.2, 0.25) is 0 Å². The molecule has 6 rings (SSSR count). The van der Waals surface area contributed by atoms with E-state index in [9.17, 15) is 13.5 Å². The molecule has 9 nitrogen and oxygen atoms in total. The van der Waals surface area contributed by atoms with Crippen molar-refractivity contribution >= 4 is 31.9 Å². The number of sulfone groups is 1. The molecule has 2 N–H and O–H groups in total. The average Bonchev–Trinajstić information content (AvgIpc) is 3.63. The summed E-state index contributed by atoms with van der Waals surface area (Å²) in [7, 11) is -3.94. The lowest BCUT2D eigenvalue weighted by atomic mass is 9.84. The van der Waals surface area contributed by atoms with Gasteiger partial charge in [0, 0.05) is 23.5 Å². The number of aromatic amines is 1. The summed E-state index contributed by atoms with van der Waals surface area (Å²) in [6, 6.07) is 10.2. The summed E-state index contributed by atoms with van der Waals surface area (Å²) in [4.78, 5) is 16.5. The van der Waals surface area contributed by atoms with Gasteiger partial charge < -0.3 is 19.1 Å². The summed E-state index contributed by atoms with van der Waals surface area (Å²) >= 11 is 0. The number of hydrogen-bond donors (Lipinski definition) is 2. The lowest BCUT2D eigenvalue weighted by Crippen LogP contribution is -2.20. The van der Waals surface area contributed by atoms with Gasteiger partial charge in [-0.05, 0) is 50.8 Å². The van der Waals surface area contributed by atoms with Crippen LogP contribution in [0.15, 0.2) is 69.5 Å². The molecule has 1 atom stereocenters. The summed E-state index contributed by atoms with van der Waals surface area (Å²) in [5.74, 6) is 1.63. The van der Waals surface area contributed by atoms with Gasteiger partial charge in [-0.25, -0.2) is 23.4 Å². The Bertz CT molecular complexity index is 1600. The Labute approximate surface area is 201 Å². The molecule has 1 aromatic carbocycles. The molecular formula is C25H25N5O4S. The van der Waals surface area contributed by atoms with E-state index in [0.717, 1.165) is 36.8 Å². The standard InChI is InChI=1S/C25H25N5O4S/c1-15(31)24-28-21-22(30(24)17-9-7-16(8-10-17)20-13-26-14-34-20)19-11-12-27-23(19)29-25(21)35(32,33)18-5-3-2-4-6-18/h2-6,11-17,31H,7-10H2,1H3,(H,27,29)/t15-,16?,17?/m1/s1. The fourth-order valence-corrected chi connectivity index (χ4v) is 6.61. The molecule has 4 heterocycles. The number of imidazole rings is 1. The molecule has 0 bridgehead atoms. The van der Waals surface area contributed by atoms with Crippen LogP contribution in [0.5, 0.6) is 0 Å². The molecule has 4 aromatic heterocycles. The highest BCUT2D eigenvalue weighted by molar-refractivity contribution is 7.91. The zero-order valence-electron chi connectivity index (χ0n) is 19.1. The fraction of sp³-hybridized carbons (Fsp3) is 0.320. The third-order valence-electron chi connectivity index (χ3n) is 6.93. The van der Waals surface area contributed by atoms with E-state index >= 15 is 0 Å². The van der Waals surface area contributed by atoms with Crippen molar-refractivity contribution in [2.75, 3.05) is 0 Å². The minimum absolute atomic E-state index is 0.0524. The number of aliphatic hydroxyl groups excluding tert-OH is 1. The largest absolute Gasteiger partial charge is 0.448 e. The Kier molecular flexibility index (Phi) is 5.23. The molecule has 0 spiro atoms. The third kappa shape index (κ3) is 3.55. The molecule has 1 saturated carbocycles. The first-order chi connectivity index (χ1) is 16.9. The van der Waals surface area contributed by atoms with Gasteiger partial charge in [-0.2, -0.15) is 0 Å². The summed E-state index contributed by atoms with van der Waals surface area (Å²) in [6.45, 7) is 1.66. The van der Waals surface area contributed by atoms with E-state index in [1.807, 2.05) is 10.6 Å². The zero-order valence-corrected chi connectivity index (χ0v) is 19.9. The predicted molar refractivity (Wildman–Crippen MR) is 129 cm³/mol. The molecule has 35 heavy (non-hydrogen) atoms. The molecule has 1 aliphatic rings. The van der Waals surface area contributed by atoms with Gasteiger partial charge in [0.1, 0.15) is 28.9 Å². The van der Waals surface area contributed by atoms with Crippen LogP contribution >= 0.6 is 0 Å². The molecule has 0 saturated heterocycles. The molecule has 180 valence electrons. The highest BCUT2D eigenvalue weighted by Gasteiger charge is 2.33. The van der Waals surface area contributed by atoms with E-state index in [0.29, 0.717) is 22.9 Å². The first-order valence-electron chi connectivity index (χ1n) is 11.7. The molecule has 0 radical (unpaired) electrons. The van der Waals surface area contributed by atoms with Gasteiger partial charge in [0.2, 0.25) is 9.84 Å². The number of oxazole rings is 1. The van der Waals surface area contributed by atoms with Gasteiger partial charge in [0.25, 0.3) is 0 Å². The smallest absolute Gasteiger partial charge is 0.226 e.